The van der Waals surface area contributed by atoms with Gasteiger partial charge in [-0.25, -0.2) is 4.39 Å². The third kappa shape index (κ3) is 3.58. The minimum absolute atomic E-state index is 0.0439. The van der Waals surface area contributed by atoms with E-state index < -0.39 is 30.4 Å². The highest BCUT2D eigenvalue weighted by Crippen LogP contribution is 2.29. The number of ether oxygens (including phenoxy) is 1. The Labute approximate surface area is 97.9 Å². The van der Waals surface area contributed by atoms with Crippen molar-refractivity contribution in [1.82, 2.24) is 0 Å². The lowest BCUT2D eigenvalue weighted by molar-refractivity contribution is -0.137. The number of rotatable bonds is 3. The highest BCUT2D eigenvalue weighted by Gasteiger charge is 2.38. The van der Waals surface area contributed by atoms with Gasteiger partial charge in [0.2, 0.25) is 0 Å². The summed E-state index contributed by atoms with van der Waals surface area (Å²) in [4.78, 5) is 3.94. The van der Waals surface area contributed by atoms with Crippen LogP contribution in [0.2, 0.25) is 0 Å². The second-order valence-electron chi connectivity index (χ2n) is 3.46. The summed E-state index contributed by atoms with van der Waals surface area (Å²) in [5, 5.41) is 18.6. The summed E-state index contributed by atoms with van der Waals surface area (Å²) in [5.74, 6) is 0. The molecule has 0 spiro atoms. The molecule has 0 saturated carbocycles. The summed E-state index contributed by atoms with van der Waals surface area (Å²) in [7, 11) is 0. The minimum atomic E-state index is -1.40. The van der Waals surface area contributed by atoms with Gasteiger partial charge in [-0.05, 0) is 6.92 Å². The average Bonchev–Trinajstić information content (AvgIpc) is 2.23. The molecule has 1 aliphatic heterocycles. The first-order chi connectivity index (χ1) is 7.58. The van der Waals surface area contributed by atoms with Gasteiger partial charge in [-0.15, -0.1) is 0 Å². The molecule has 0 aromatic carbocycles. The van der Waals surface area contributed by atoms with E-state index >= 15 is 0 Å². The molecular weight excluding hydrogens is 235 g/mol. The second-order valence-corrected chi connectivity index (χ2v) is 4.64. The zero-order valence-electron chi connectivity index (χ0n) is 9.04. The number of thioether (sulfide) groups is 1. The molecule has 1 fully saturated rings. The number of alkyl halides is 1. The fraction of sp³-hybridized carbons (Fsp3) is 0.889. The van der Waals surface area contributed by atoms with Crippen LogP contribution < -0.4 is 5.73 Å². The van der Waals surface area contributed by atoms with E-state index in [0.29, 0.717) is 11.7 Å². The van der Waals surface area contributed by atoms with Crippen LogP contribution in [0, 0.1) is 0 Å². The van der Waals surface area contributed by atoms with Crippen LogP contribution in [0.25, 0.3) is 0 Å². The first kappa shape index (κ1) is 13.7. The van der Waals surface area contributed by atoms with E-state index in [9.17, 15) is 9.50 Å². The summed E-state index contributed by atoms with van der Waals surface area (Å²) in [6, 6.07) is 0. The second kappa shape index (κ2) is 6.39. The normalized spacial score (nSPS) is 36.4. The van der Waals surface area contributed by atoms with Gasteiger partial charge in [0.1, 0.15) is 23.8 Å². The summed E-state index contributed by atoms with van der Waals surface area (Å²) in [6.07, 6.45) is -3.53. The van der Waals surface area contributed by atoms with Gasteiger partial charge in [-0.2, -0.15) is 0 Å². The molecule has 4 atom stereocenters. The third-order valence-corrected chi connectivity index (χ3v) is 3.18. The summed E-state index contributed by atoms with van der Waals surface area (Å²) in [5.41, 5.74) is 5.06. The molecule has 7 heteroatoms. The molecule has 1 rings (SSSR count). The predicted octanol–water partition coefficient (Wildman–Crippen LogP) is -0.139. The van der Waals surface area contributed by atoms with Gasteiger partial charge in [0.15, 0.2) is 5.17 Å². The van der Waals surface area contributed by atoms with Crippen LogP contribution in [0.1, 0.15) is 13.3 Å². The Bertz CT molecular complexity index is 255. The fourth-order valence-corrected chi connectivity index (χ4v) is 2.39. The number of aliphatic imine (C=N–C) groups is 1. The number of hydrogen-bond acceptors (Lipinski definition) is 5. The Kier molecular flexibility index (Phi) is 5.47. The van der Waals surface area contributed by atoms with Crippen molar-refractivity contribution in [2.75, 3.05) is 13.2 Å². The zero-order valence-corrected chi connectivity index (χ0v) is 9.86. The van der Waals surface area contributed by atoms with Crippen LogP contribution in [-0.2, 0) is 4.74 Å². The molecule has 0 amide bonds. The van der Waals surface area contributed by atoms with Crippen molar-refractivity contribution in [2.45, 2.75) is 37.2 Å². The van der Waals surface area contributed by atoms with Crippen LogP contribution in [0.5, 0.6) is 0 Å². The van der Waals surface area contributed by atoms with Crippen LogP contribution in [-0.4, -0.2) is 52.3 Å². The number of amidine groups is 1. The molecule has 5 nitrogen and oxygen atoms in total. The van der Waals surface area contributed by atoms with Crippen LogP contribution in [0.4, 0.5) is 4.39 Å². The van der Waals surface area contributed by atoms with Gasteiger partial charge in [0.25, 0.3) is 0 Å². The molecule has 0 aromatic heterocycles. The Morgan fingerprint density at radius 3 is 2.94 bits per heavy atom. The fourth-order valence-electron chi connectivity index (χ4n) is 1.44. The molecule has 1 heterocycles. The Morgan fingerprint density at radius 2 is 2.38 bits per heavy atom. The predicted molar refractivity (Wildman–Crippen MR) is 61.0 cm³/mol. The quantitative estimate of drug-likeness (QED) is 0.480. The highest BCUT2D eigenvalue weighted by atomic mass is 32.2. The van der Waals surface area contributed by atoms with Gasteiger partial charge in [-0.3, -0.25) is 4.99 Å². The molecule has 0 radical (unpaired) electrons. The van der Waals surface area contributed by atoms with Gasteiger partial charge in [0.05, 0.1) is 6.61 Å². The third-order valence-electron chi connectivity index (χ3n) is 2.24. The molecular formula is C9H17FN2O3S. The van der Waals surface area contributed by atoms with E-state index in [1.807, 2.05) is 6.92 Å². The lowest BCUT2D eigenvalue weighted by Crippen LogP contribution is -2.47. The minimum Gasteiger partial charge on any atom is -0.394 e. The van der Waals surface area contributed by atoms with Gasteiger partial charge in [0, 0.05) is 13.0 Å². The van der Waals surface area contributed by atoms with Gasteiger partial charge < -0.3 is 20.7 Å². The Balaban J connectivity index is 2.53. The molecule has 2 unspecified atom stereocenters. The standard InChI is InChI=1S/C9H17FN2O3S/c1-2-12-9(11)16-7-3-5(10)8(14)6(4-13)15-7/h5-8,13-14H,2-4H2,1H3,(H2,11,12)/t5?,6?,7-,8+/m1/s1. The number of nitrogens with zero attached hydrogens (tertiary/aromatic N) is 1. The van der Waals surface area contributed by atoms with Crippen molar-refractivity contribution in [1.29, 1.82) is 0 Å². The largest absolute Gasteiger partial charge is 0.394 e. The molecule has 0 bridgehead atoms. The van der Waals surface area contributed by atoms with Crippen molar-refractivity contribution >= 4 is 16.9 Å². The lowest BCUT2D eigenvalue weighted by atomic mass is 10.0. The van der Waals surface area contributed by atoms with Crippen LogP contribution in [0.15, 0.2) is 4.99 Å². The topological polar surface area (TPSA) is 88.1 Å². The van der Waals surface area contributed by atoms with Crippen molar-refractivity contribution < 1.29 is 19.3 Å². The number of hydrogen-bond donors (Lipinski definition) is 3. The number of aliphatic hydroxyl groups excluding tert-OH is 2. The SMILES string of the molecule is CCN=C(N)S[C@@H]1CC(F)[C@H](O)C(CO)O1. The van der Waals surface area contributed by atoms with Gasteiger partial charge in [-0.1, -0.05) is 11.8 Å². The van der Waals surface area contributed by atoms with Gasteiger partial charge >= 0.3 is 0 Å². The van der Waals surface area contributed by atoms with Crippen molar-refractivity contribution in [3.63, 3.8) is 0 Å². The van der Waals surface area contributed by atoms with E-state index in [1.165, 1.54) is 0 Å². The summed E-state index contributed by atoms with van der Waals surface area (Å²) >= 11 is 1.11. The van der Waals surface area contributed by atoms with E-state index in [2.05, 4.69) is 4.99 Å². The maximum atomic E-state index is 13.4. The molecule has 16 heavy (non-hydrogen) atoms. The van der Waals surface area contributed by atoms with Crippen molar-refractivity contribution in [2.24, 2.45) is 10.7 Å². The molecule has 0 aliphatic carbocycles. The number of aliphatic hydroxyl groups is 2. The Hall–Kier alpha value is -0.370. The first-order valence-electron chi connectivity index (χ1n) is 5.13. The number of halogens is 1. The molecule has 94 valence electrons. The van der Waals surface area contributed by atoms with E-state index in [-0.39, 0.29) is 6.42 Å². The maximum Gasteiger partial charge on any atom is 0.156 e. The highest BCUT2D eigenvalue weighted by molar-refractivity contribution is 8.14. The van der Waals surface area contributed by atoms with Crippen molar-refractivity contribution in [3.8, 4) is 0 Å². The average molecular weight is 252 g/mol. The smallest absolute Gasteiger partial charge is 0.156 e. The number of nitrogens with two attached hydrogens (primary N) is 1. The first-order valence-corrected chi connectivity index (χ1v) is 6.01. The van der Waals surface area contributed by atoms with E-state index in [4.69, 9.17) is 15.6 Å². The van der Waals surface area contributed by atoms with Crippen LogP contribution >= 0.6 is 11.8 Å². The van der Waals surface area contributed by atoms with E-state index in [0.717, 1.165) is 11.8 Å². The van der Waals surface area contributed by atoms with Crippen molar-refractivity contribution in [3.05, 3.63) is 0 Å². The lowest BCUT2D eigenvalue weighted by Gasteiger charge is -2.34. The van der Waals surface area contributed by atoms with E-state index in [1.54, 1.807) is 0 Å². The molecule has 0 aromatic rings. The molecule has 1 aliphatic rings. The Morgan fingerprint density at radius 1 is 1.69 bits per heavy atom. The zero-order chi connectivity index (χ0) is 12.1. The maximum absolute atomic E-state index is 13.4. The van der Waals surface area contributed by atoms with Crippen LogP contribution in [0.3, 0.4) is 0 Å². The summed E-state index contributed by atoms with van der Waals surface area (Å²) in [6.45, 7) is 1.98. The molecule has 4 N–H and O–H groups in total. The molecule has 1 saturated heterocycles. The monoisotopic (exact) mass is 252 g/mol. The summed E-state index contributed by atoms with van der Waals surface area (Å²) < 4.78 is 18.7.